The lowest BCUT2D eigenvalue weighted by atomic mass is 10.0. The van der Waals surface area contributed by atoms with Gasteiger partial charge in [-0.25, -0.2) is 0 Å². The van der Waals surface area contributed by atoms with E-state index in [1.165, 1.54) is 16.9 Å². The Labute approximate surface area is 170 Å². The lowest BCUT2D eigenvalue weighted by Gasteiger charge is -2.34. The first kappa shape index (κ1) is 20.5. The predicted molar refractivity (Wildman–Crippen MR) is 112 cm³/mol. The summed E-state index contributed by atoms with van der Waals surface area (Å²) in [6.07, 6.45) is 0. The summed E-state index contributed by atoms with van der Waals surface area (Å²) in [6, 6.07) is 10.3. The number of nitrogens with zero attached hydrogens (tertiary/aromatic N) is 2. The predicted octanol–water partition coefficient (Wildman–Crippen LogP) is 2.24. The maximum Gasteiger partial charge on any atom is 0.264 e. The molecule has 1 aromatic carbocycles. The van der Waals surface area contributed by atoms with Crippen molar-refractivity contribution in [1.29, 1.82) is 0 Å². The fourth-order valence-corrected chi connectivity index (χ4v) is 4.12. The Morgan fingerprint density at radius 1 is 1.11 bits per heavy atom. The molecule has 1 saturated heterocycles. The van der Waals surface area contributed by atoms with Gasteiger partial charge in [-0.05, 0) is 23.9 Å². The summed E-state index contributed by atoms with van der Waals surface area (Å²) >= 11 is 1.49. The number of nitrogens with one attached hydrogen (secondary N) is 1. The first-order valence-corrected chi connectivity index (χ1v) is 10.4. The van der Waals surface area contributed by atoms with Crippen molar-refractivity contribution in [2.75, 3.05) is 53.0 Å². The summed E-state index contributed by atoms with van der Waals surface area (Å²) in [6.45, 7) is 6.13. The van der Waals surface area contributed by atoms with Crippen molar-refractivity contribution in [2.24, 2.45) is 0 Å². The molecule has 0 radical (unpaired) electrons. The van der Waals surface area contributed by atoms with Crippen LogP contribution >= 0.6 is 11.3 Å². The van der Waals surface area contributed by atoms with Gasteiger partial charge in [0.1, 0.15) is 0 Å². The molecule has 1 fully saturated rings. The zero-order valence-electron chi connectivity index (χ0n) is 16.4. The van der Waals surface area contributed by atoms with Gasteiger partial charge in [-0.1, -0.05) is 29.8 Å². The molecule has 0 bridgehead atoms. The van der Waals surface area contributed by atoms with E-state index in [-0.39, 0.29) is 11.8 Å². The molecule has 0 aliphatic carbocycles. The van der Waals surface area contributed by atoms with Crippen LogP contribution in [0.15, 0.2) is 35.7 Å². The summed E-state index contributed by atoms with van der Waals surface area (Å²) in [5.41, 5.74) is 3.27. The molecule has 0 spiro atoms. The molecule has 1 N–H and O–H groups in total. The number of methoxy groups -OCH3 is 1. The molecule has 0 atom stereocenters. The first-order valence-electron chi connectivity index (χ1n) is 9.50. The van der Waals surface area contributed by atoms with E-state index < -0.39 is 0 Å². The monoisotopic (exact) mass is 401 g/mol. The van der Waals surface area contributed by atoms with E-state index in [0.29, 0.717) is 45.9 Å². The fourth-order valence-electron chi connectivity index (χ4n) is 3.24. The molecular weight excluding hydrogens is 374 g/mol. The Hall–Kier alpha value is -2.22. The minimum absolute atomic E-state index is 0.00302. The van der Waals surface area contributed by atoms with Crippen LogP contribution in [0, 0.1) is 6.92 Å². The zero-order chi connectivity index (χ0) is 19.9. The highest BCUT2D eigenvalue weighted by atomic mass is 32.1. The highest BCUT2D eigenvalue weighted by Gasteiger charge is 2.25. The zero-order valence-corrected chi connectivity index (χ0v) is 17.3. The molecule has 0 unspecified atom stereocenters. The van der Waals surface area contributed by atoms with Crippen molar-refractivity contribution in [1.82, 2.24) is 15.1 Å². The second-order valence-electron chi connectivity index (χ2n) is 6.94. The van der Waals surface area contributed by atoms with Crippen LogP contribution in [-0.2, 0) is 9.53 Å². The van der Waals surface area contributed by atoms with Crippen molar-refractivity contribution >= 4 is 23.2 Å². The van der Waals surface area contributed by atoms with Gasteiger partial charge < -0.3 is 15.0 Å². The first-order chi connectivity index (χ1) is 13.6. The summed E-state index contributed by atoms with van der Waals surface area (Å²) in [4.78, 5) is 29.7. The van der Waals surface area contributed by atoms with Crippen LogP contribution in [-0.4, -0.2) is 74.6 Å². The van der Waals surface area contributed by atoms with Gasteiger partial charge in [0.05, 0.1) is 18.0 Å². The Bertz CT molecular complexity index is 795. The molecule has 1 aliphatic rings. The molecule has 1 aliphatic heterocycles. The van der Waals surface area contributed by atoms with Crippen molar-refractivity contribution in [3.63, 3.8) is 0 Å². The quantitative estimate of drug-likeness (QED) is 0.723. The van der Waals surface area contributed by atoms with Crippen LogP contribution in [0.25, 0.3) is 11.1 Å². The van der Waals surface area contributed by atoms with Crippen LogP contribution in [0.3, 0.4) is 0 Å². The molecular formula is C21H27N3O3S. The Balaban J connectivity index is 1.55. The molecule has 6 nitrogen and oxygen atoms in total. The number of hydrogen-bond acceptors (Lipinski definition) is 5. The average Bonchev–Trinajstić information content (AvgIpc) is 3.18. The van der Waals surface area contributed by atoms with E-state index in [2.05, 4.69) is 41.4 Å². The lowest BCUT2D eigenvalue weighted by Crippen LogP contribution is -2.51. The van der Waals surface area contributed by atoms with Crippen LogP contribution in [0.2, 0.25) is 0 Å². The van der Waals surface area contributed by atoms with Crippen molar-refractivity contribution in [3.05, 3.63) is 46.2 Å². The Morgan fingerprint density at radius 2 is 1.82 bits per heavy atom. The number of rotatable bonds is 7. The maximum atomic E-state index is 13.0. The largest absolute Gasteiger partial charge is 0.383 e. The Kier molecular flexibility index (Phi) is 7.19. The normalized spacial score (nSPS) is 14.9. The fraction of sp³-hybridized carbons (Fsp3) is 0.429. The van der Waals surface area contributed by atoms with E-state index in [1.807, 2.05) is 16.3 Å². The van der Waals surface area contributed by atoms with E-state index in [4.69, 9.17) is 4.74 Å². The van der Waals surface area contributed by atoms with Gasteiger partial charge in [-0.2, -0.15) is 0 Å². The standard InChI is InChI=1S/C21H27N3O3S/c1-16-3-5-17(6-4-16)18-7-14-28-20(18)21(26)24-11-9-23(10-12-24)15-19(25)22-8-13-27-2/h3-7,14H,8-13,15H2,1-2H3,(H,22,25). The number of aryl methyl sites for hydroxylation is 1. The van der Waals surface area contributed by atoms with Crippen LogP contribution in [0.1, 0.15) is 15.2 Å². The van der Waals surface area contributed by atoms with Crippen molar-refractivity contribution < 1.29 is 14.3 Å². The minimum Gasteiger partial charge on any atom is -0.383 e. The third-order valence-corrected chi connectivity index (χ3v) is 5.78. The molecule has 2 heterocycles. The lowest BCUT2D eigenvalue weighted by molar-refractivity contribution is -0.122. The van der Waals surface area contributed by atoms with Gasteiger partial charge in [0.2, 0.25) is 5.91 Å². The summed E-state index contributed by atoms with van der Waals surface area (Å²) < 4.78 is 4.93. The Morgan fingerprint density at radius 3 is 2.50 bits per heavy atom. The van der Waals surface area contributed by atoms with Gasteiger partial charge in [0.15, 0.2) is 0 Å². The molecule has 2 amide bonds. The number of amides is 2. The van der Waals surface area contributed by atoms with E-state index in [0.717, 1.165) is 16.0 Å². The second kappa shape index (κ2) is 9.82. The SMILES string of the molecule is COCCNC(=O)CN1CCN(C(=O)c2sccc2-c2ccc(C)cc2)CC1. The van der Waals surface area contributed by atoms with Gasteiger partial charge in [0, 0.05) is 45.4 Å². The van der Waals surface area contributed by atoms with E-state index in [1.54, 1.807) is 7.11 Å². The molecule has 28 heavy (non-hydrogen) atoms. The second-order valence-corrected chi connectivity index (χ2v) is 7.86. The molecule has 1 aromatic heterocycles. The summed E-state index contributed by atoms with van der Waals surface area (Å²) in [5, 5.41) is 4.81. The van der Waals surface area contributed by atoms with Crippen LogP contribution < -0.4 is 5.32 Å². The van der Waals surface area contributed by atoms with Gasteiger partial charge >= 0.3 is 0 Å². The molecule has 7 heteroatoms. The van der Waals surface area contributed by atoms with Crippen molar-refractivity contribution in [2.45, 2.75) is 6.92 Å². The maximum absolute atomic E-state index is 13.0. The van der Waals surface area contributed by atoms with E-state index in [9.17, 15) is 9.59 Å². The summed E-state index contributed by atoms with van der Waals surface area (Å²) in [7, 11) is 1.61. The highest BCUT2D eigenvalue weighted by Crippen LogP contribution is 2.30. The number of piperazine rings is 1. The molecule has 2 aromatic rings. The number of benzene rings is 1. The number of ether oxygens (including phenoxy) is 1. The van der Waals surface area contributed by atoms with Gasteiger partial charge in [-0.3, -0.25) is 14.5 Å². The van der Waals surface area contributed by atoms with E-state index >= 15 is 0 Å². The van der Waals surface area contributed by atoms with Gasteiger partial charge in [0.25, 0.3) is 5.91 Å². The highest BCUT2D eigenvalue weighted by molar-refractivity contribution is 7.12. The topological polar surface area (TPSA) is 61.9 Å². The number of carbonyl (C=O) groups excluding carboxylic acids is 2. The smallest absolute Gasteiger partial charge is 0.264 e. The third-order valence-electron chi connectivity index (χ3n) is 4.88. The number of carbonyl (C=O) groups is 2. The number of thiophene rings is 1. The number of hydrogen-bond donors (Lipinski definition) is 1. The van der Waals surface area contributed by atoms with Gasteiger partial charge in [-0.15, -0.1) is 11.3 Å². The molecule has 3 rings (SSSR count). The van der Waals surface area contributed by atoms with Crippen LogP contribution in [0.5, 0.6) is 0 Å². The summed E-state index contributed by atoms with van der Waals surface area (Å²) in [5.74, 6) is 0.0755. The van der Waals surface area contributed by atoms with Crippen molar-refractivity contribution in [3.8, 4) is 11.1 Å². The molecule has 0 saturated carbocycles. The van der Waals surface area contributed by atoms with Crippen LogP contribution in [0.4, 0.5) is 0 Å². The average molecular weight is 402 g/mol. The molecule has 150 valence electrons. The minimum atomic E-state index is -0.00302. The third kappa shape index (κ3) is 5.19.